The zero-order valence-electron chi connectivity index (χ0n) is 17.4. The standard InChI is InChI=1S/C9H11N.C7H9N.3C2H6/c1-7-2-5-9(10-6-7)8-3-4-8;1-6-3-4-7(2)8-5-6;3*1-2/h2,5-6,8H,3-4H2,1H3;3-5H,1-2H3;3*1-2H3. The van der Waals surface area contributed by atoms with Gasteiger partial charge in [-0.2, -0.15) is 0 Å². The van der Waals surface area contributed by atoms with Gasteiger partial charge in [-0.15, -0.1) is 0 Å². The molecule has 2 nitrogen and oxygen atoms in total. The Morgan fingerprint density at radius 2 is 1.12 bits per heavy atom. The summed E-state index contributed by atoms with van der Waals surface area (Å²) in [7, 11) is 0. The van der Waals surface area contributed by atoms with Gasteiger partial charge in [-0.1, -0.05) is 53.7 Å². The van der Waals surface area contributed by atoms with Gasteiger partial charge < -0.3 is 0 Å². The van der Waals surface area contributed by atoms with Crippen LogP contribution < -0.4 is 0 Å². The van der Waals surface area contributed by atoms with Crippen LogP contribution in [0.1, 0.15) is 82.8 Å². The minimum Gasteiger partial charge on any atom is -0.261 e. The van der Waals surface area contributed by atoms with E-state index in [1.807, 2.05) is 73.8 Å². The number of hydrogen-bond donors (Lipinski definition) is 0. The highest BCUT2D eigenvalue weighted by molar-refractivity contribution is 5.18. The smallest absolute Gasteiger partial charge is 0.0434 e. The third kappa shape index (κ3) is 11.8. The maximum Gasteiger partial charge on any atom is 0.0434 e. The highest BCUT2D eigenvalue weighted by Gasteiger charge is 2.24. The summed E-state index contributed by atoms with van der Waals surface area (Å²) < 4.78 is 0. The predicted octanol–water partition coefficient (Wildman–Crippen LogP) is 7.04. The van der Waals surface area contributed by atoms with Gasteiger partial charge in [-0.05, 0) is 56.9 Å². The van der Waals surface area contributed by atoms with Gasteiger partial charge >= 0.3 is 0 Å². The van der Waals surface area contributed by atoms with Crippen molar-refractivity contribution in [1.29, 1.82) is 0 Å². The molecular weight excluding hydrogens is 292 g/mol. The van der Waals surface area contributed by atoms with Gasteiger partial charge in [0.25, 0.3) is 0 Å². The zero-order chi connectivity index (χ0) is 19.0. The van der Waals surface area contributed by atoms with E-state index in [-0.39, 0.29) is 0 Å². The van der Waals surface area contributed by atoms with E-state index in [2.05, 4.69) is 35.1 Å². The summed E-state index contributed by atoms with van der Waals surface area (Å²) in [5.74, 6) is 0.792. The van der Waals surface area contributed by atoms with E-state index in [1.54, 1.807) is 0 Å². The lowest BCUT2D eigenvalue weighted by Gasteiger charge is -1.95. The van der Waals surface area contributed by atoms with E-state index in [0.717, 1.165) is 11.6 Å². The molecule has 2 heteroatoms. The molecule has 0 radical (unpaired) electrons. The van der Waals surface area contributed by atoms with Crippen LogP contribution in [0.5, 0.6) is 0 Å². The summed E-state index contributed by atoms with van der Waals surface area (Å²) >= 11 is 0. The van der Waals surface area contributed by atoms with E-state index in [9.17, 15) is 0 Å². The van der Waals surface area contributed by atoms with Crippen LogP contribution in [0.15, 0.2) is 36.7 Å². The summed E-state index contributed by atoms with van der Waals surface area (Å²) in [5, 5.41) is 0. The largest absolute Gasteiger partial charge is 0.261 e. The quantitative estimate of drug-likeness (QED) is 0.560. The number of pyridine rings is 2. The molecule has 0 spiro atoms. The van der Waals surface area contributed by atoms with Crippen LogP contribution in [0, 0.1) is 20.8 Å². The van der Waals surface area contributed by atoms with Crippen LogP contribution in [0.3, 0.4) is 0 Å². The molecular formula is C22H38N2. The fourth-order valence-electron chi connectivity index (χ4n) is 1.64. The lowest BCUT2D eigenvalue weighted by molar-refractivity contribution is 1.01. The Morgan fingerprint density at radius 1 is 0.667 bits per heavy atom. The van der Waals surface area contributed by atoms with E-state index < -0.39 is 0 Å². The molecule has 0 aliphatic heterocycles. The first-order valence-corrected chi connectivity index (χ1v) is 9.47. The van der Waals surface area contributed by atoms with Crippen molar-refractivity contribution in [3.8, 4) is 0 Å². The summed E-state index contributed by atoms with van der Waals surface area (Å²) in [5.41, 5.74) is 4.83. The molecule has 136 valence electrons. The second kappa shape index (κ2) is 16.2. The monoisotopic (exact) mass is 330 g/mol. The Kier molecular flexibility index (Phi) is 16.5. The van der Waals surface area contributed by atoms with Gasteiger partial charge in [0, 0.05) is 29.7 Å². The Hall–Kier alpha value is -1.70. The lowest BCUT2D eigenvalue weighted by atomic mass is 10.2. The summed E-state index contributed by atoms with van der Waals surface area (Å²) in [6, 6.07) is 8.35. The van der Waals surface area contributed by atoms with E-state index in [4.69, 9.17) is 0 Å². The molecule has 2 aromatic rings. The van der Waals surface area contributed by atoms with Gasteiger partial charge in [0.15, 0.2) is 0 Å². The van der Waals surface area contributed by atoms with Crippen molar-refractivity contribution in [2.75, 3.05) is 0 Å². The Labute approximate surface area is 150 Å². The number of hydrogen-bond acceptors (Lipinski definition) is 2. The van der Waals surface area contributed by atoms with Crippen LogP contribution in [0.4, 0.5) is 0 Å². The SMILES string of the molecule is CC.CC.CC.Cc1ccc(C)nc1.Cc1ccc(C2CC2)nc1. The van der Waals surface area contributed by atoms with Crippen LogP contribution in [0.25, 0.3) is 0 Å². The second-order valence-corrected chi connectivity index (χ2v) is 5.01. The van der Waals surface area contributed by atoms with Crippen molar-refractivity contribution in [3.63, 3.8) is 0 Å². The number of aromatic nitrogens is 2. The third-order valence-corrected chi connectivity index (χ3v) is 2.99. The van der Waals surface area contributed by atoms with Gasteiger partial charge in [0.05, 0.1) is 0 Å². The van der Waals surface area contributed by atoms with Crippen molar-refractivity contribution >= 4 is 0 Å². The topological polar surface area (TPSA) is 25.8 Å². The van der Waals surface area contributed by atoms with E-state index in [0.29, 0.717) is 0 Å². The molecule has 0 amide bonds. The van der Waals surface area contributed by atoms with Crippen molar-refractivity contribution in [1.82, 2.24) is 9.97 Å². The molecule has 1 saturated carbocycles. The first-order chi connectivity index (χ1) is 11.6. The van der Waals surface area contributed by atoms with Crippen LogP contribution in [0.2, 0.25) is 0 Å². The zero-order valence-corrected chi connectivity index (χ0v) is 17.4. The molecule has 1 aliphatic rings. The normalized spacial score (nSPS) is 11.0. The molecule has 3 rings (SSSR count). The molecule has 0 unspecified atom stereocenters. The molecule has 24 heavy (non-hydrogen) atoms. The van der Waals surface area contributed by atoms with Gasteiger partial charge in [-0.25, -0.2) is 0 Å². The molecule has 2 heterocycles. The maximum atomic E-state index is 4.34. The highest BCUT2D eigenvalue weighted by Crippen LogP contribution is 2.38. The number of nitrogens with zero attached hydrogens (tertiary/aromatic N) is 2. The number of rotatable bonds is 1. The summed E-state index contributed by atoms with van der Waals surface area (Å²) in [6.07, 6.45) is 6.51. The lowest BCUT2D eigenvalue weighted by Crippen LogP contribution is -1.84. The third-order valence-electron chi connectivity index (χ3n) is 2.99. The van der Waals surface area contributed by atoms with Crippen molar-refractivity contribution in [2.45, 2.75) is 81.1 Å². The molecule has 1 aliphatic carbocycles. The molecule has 0 bridgehead atoms. The first kappa shape index (κ1) is 24.6. The number of aryl methyl sites for hydroxylation is 3. The molecule has 0 N–H and O–H groups in total. The minimum atomic E-state index is 0.792. The van der Waals surface area contributed by atoms with Crippen LogP contribution in [-0.2, 0) is 0 Å². The second-order valence-electron chi connectivity index (χ2n) is 5.01. The predicted molar refractivity (Wildman–Crippen MR) is 109 cm³/mol. The van der Waals surface area contributed by atoms with Crippen LogP contribution >= 0.6 is 0 Å². The van der Waals surface area contributed by atoms with Gasteiger partial charge in [0.1, 0.15) is 0 Å². The van der Waals surface area contributed by atoms with Crippen LogP contribution in [-0.4, -0.2) is 9.97 Å². The highest BCUT2D eigenvalue weighted by atomic mass is 14.7. The molecule has 0 atom stereocenters. The fourth-order valence-corrected chi connectivity index (χ4v) is 1.64. The Balaban J connectivity index is 0. The van der Waals surface area contributed by atoms with Gasteiger partial charge in [0.2, 0.25) is 0 Å². The van der Waals surface area contributed by atoms with Crippen molar-refractivity contribution in [3.05, 3.63) is 59.2 Å². The van der Waals surface area contributed by atoms with E-state index in [1.165, 1.54) is 29.7 Å². The van der Waals surface area contributed by atoms with Crippen molar-refractivity contribution < 1.29 is 0 Å². The summed E-state index contributed by atoms with van der Waals surface area (Å²) in [6.45, 7) is 18.1. The minimum absolute atomic E-state index is 0.792. The first-order valence-electron chi connectivity index (χ1n) is 9.47. The summed E-state index contributed by atoms with van der Waals surface area (Å²) in [4.78, 5) is 8.42. The molecule has 0 aromatic carbocycles. The average Bonchev–Trinajstić information content (AvgIpc) is 3.49. The Bertz CT molecular complexity index is 461. The molecule has 1 fully saturated rings. The molecule has 2 aromatic heterocycles. The maximum absolute atomic E-state index is 4.34. The molecule has 0 saturated heterocycles. The van der Waals surface area contributed by atoms with Gasteiger partial charge in [-0.3, -0.25) is 9.97 Å². The fraction of sp³-hybridized carbons (Fsp3) is 0.545. The average molecular weight is 331 g/mol. The van der Waals surface area contributed by atoms with E-state index >= 15 is 0 Å². The Morgan fingerprint density at radius 3 is 1.42 bits per heavy atom. The van der Waals surface area contributed by atoms with Crippen molar-refractivity contribution in [2.24, 2.45) is 0 Å².